The molecule has 2 aliphatic rings. The molecule has 31 heavy (non-hydrogen) atoms. The van der Waals surface area contributed by atoms with Crippen molar-refractivity contribution in [2.24, 2.45) is 22.7 Å². The SMILES string of the molecule is CC(C)CCC(O)(C1N=[N+](C(N)=O)C(=S)O1)[C@@H]1CCCC[C@@H]1NC(=O)c1ccccc1. The second-order valence-corrected chi connectivity index (χ2v) is 9.11. The minimum atomic E-state index is -1.41. The number of azo groups is 2. The van der Waals surface area contributed by atoms with Gasteiger partial charge in [0, 0.05) is 29.7 Å². The lowest BCUT2D eigenvalue weighted by atomic mass is 9.70. The summed E-state index contributed by atoms with van der Waals surface area (Å²) in [4.78, 5) is 24.5. The van der Waals surface area contributed by atoms with E-state index >= 15 is 0 Å². The van der Waals surface area contributed by atoms with Gasteiger partial charge in [-0.2, -0.15) is 4.79 Å². The number of primary amides is 1. The van der Waals surface area contributed by atoms with Crippen LogP contribution in [0.2, 0.25) is 0 Å². The quantitative estimate of drug-likeness (QED) is 0.438. The second-order valence-electron chi connectivity index (χ2n) is 8.76. The Balaban J connectivity index is 1.89. The molecule has 1 aromatic rings. The van der Waals surface area contributed by atoms with Crippen LogP contribution < -0.4 is 11.1 Å². The Labute approximate surface area is 187 Å². The number of carbonyl (C=O) groups is 2. The van der Waals surface area contributed by atoms with Gasteiger partial charge in [-0.05, 0) is 48.4 Å². The second kappa shape index (κ2) is 9.82. The standard InChI is InChI=1S/C22H30N4O4S/c1-14(2)12-13-22(29,19-25-26(20(23)28)21(31)30-19)16-10-6-7-11-17(16)24-18(27)15-8-4-3-5-9-15/h3-5,8-9,14,16-17,19,29H,6-7,10-13H2,1-2H3,(H2-,23,24,27,28)/p+1/t16-,17+,19?,22?/m1/s1. The van der Waals surface area contributed by atoms with Crippen LogP contribution in [0.3, 0.4) is 0 Å². The number of amides is 3. The van der Waals surface area contributed by atoms with Crippen molar-refractivity contribution in [2.45, 2.75) is 70.2 Å². The molecule has 1 fully saturated rings. The fraction of sp³-hybridized carbons (Fsp3) is 0.591. The first-order chi connectivity index (χ1) is 14.7. The van der Waals surface area contributed by atoms with Crippen LogP contribution in [-0.2, 0) is 4.74 Å². The van der Waals surface area contributed by atoms with E-state index in [1.807, 2.05) is 18.2 Å². The topological polar surface area (TPSA) is 117 Å². The molecule has 2 unspecified atom stereocenters. The predicted octanol–water partition coefficient (Wildman–Crippen LogP) is 3.33. The average Bonchev–Trinajstić information content (AvgIpc) is 3.15. The summed E-state index contributed by atoms with van der Waals surface area (Å²) in [6, 6.07) is 7.91. The number of thiocarbonyl (C=S) groups is 1. The van der Waals surface area contributed by atoms with Crippen molar-refractivity contribution in [3.63, 3.8) is 0 Å². The van der Waals surface area contributed by atoms with Crippen molar-refractivity contribution in [1.29, 1.82) is 0 Å². The maximum atomic E-state index is 12.8. The monoisotopic (exact) mass is 447 g/mol. The summed E-state index contributed by atoms with van der Waals surface area (Å²) in [5.41, 5.74) is 4.50. The first-order valence-corrected chi connectivity index (χ1v) is 11.2. The van der Waals surface area contributed by atoms with Crippen LogP contribution in [0.15, 0.2) is 35.4 Å². The van der Waals surface area contributed by atoms with Gasteiger partial charge in [-0.25, -0.2) is 5.73 Å². The Kier molecular flexibility index (Phi) is 7.38. The molecule has 0 spiro atoms. The van der Waals surface area contributed by atoms with E-state index in [9.17, 15) is 14.7 Å². The van der Waals surface area contributed by atoms with Gasteiger partial charge in [0.15, 0.2) is 0 Å². The zero-order valence-corrected chi connectivity index (χ0v) is 18.8. The van der Waals surface area contributed by atoms with E-state index in [4.69, 9.17) is 22.7 Å². The number of hydrogen-bond acceptors (Lipinski definition) is 6. The number of nitrogens with one attached hydrogen (secondary N) is 1. The number of nitrogens with zero attached hydrogens (tertiary/aromatic N) is 2. The van der Waals surface area contributed by atoms with Crippen molar-refractivity contribution in [2.75, 3.05) is 0 Å². The molecule has 3 amide bonds. The van der Waals surface area contributed by atoms with Crippen LogP contribution in [-0.4, -0.2) is 44.8 Å². The van der Waals surface area contributed by atoms with Gasteiger partial charge >= 0.3 is 11.2 Å². The van der Waals surface area contributed by atoms with Gasteiger partial charge in [0.1, 0.15) is 5.60 Å². The number of ether oxygens (including phenoxy) is 1. The predicted molar refractivity (Wildman–Crippen MR) is 118 cm³/mol. The summed E-state index contributed by atoms with van der Waals surface area (Å²) in [6.45, 7) is 4.14. The molecule has 0 radical (unpaired) electrons. The molecule has 0 bridgehead atoms. The highest BCUT2D eigenvalue weighted by Crippen LogP contribution is 2.41. The lowest BCUT2D eigenvalue weighted by Crippen LogP contribution is -2.57. The maximum absolute atomic E-state index is 12.8. The third-order valence-corrected chi connectivity index (χ3v) is 6.39. The van der Waals surface area contributed by atoms with Gasteiger partial charge in [-0.3, -0.25) is 4.79 Å². The van der Waals surface area contributed by atoms with Crippen LogP contribution in [0.25, 0.3) is 0 Å². The fourth-order valence-electron chi connectivity index (χ4n) is 4.43. The first kappa shape index (κ1) is 23.3. The van der Waals surface area contributed by atoms with E-state index < -0.39 is 17.9 Å². The van der Waals surface area contributed by atoms with Crippen LogP contribution in [0, 0.1) is 11.8 Å². The molecule has 1 aromatic carbocycles. The number of hydrogen-bond donors (Lipinski definition) is 3. The zero-order chi connectivity index (χ0) is 22.6. The molecule has 1 aliphatic carbocycles. The highest BCUT2D eigenvalue weighted by atomic mass is 32.1. The first-order valence-electron chi connectivity index (χ1n) is 10.8. The molecule has 0 aromatic heterocycles. The van der Waals surface area contributed by atoms with Crippen molar-refractivity contribution >= 4 is 29.3 Å². The van der Waals surface area contributed by atoms with Crippen molar-refractivity contribution in [3.05, 3.63) is 35.9 Å². The number of urea groups is 1. The lowest BCUT2D eigenvalue weighted by Gasteiger charge is -2.44. The van der Waals surface area contributed by atoms with Crippen LogP contribution in [0.1, 0.15) is 62.7 Å². The van der Waals surface area contributed by atoms with Crippen LogP contribution in [0.4, 0.5) is 4.79 Å². The molecular weight excluding hydrogens is 416 g/mol. The third kappa shape index (κ3) is 5.27. The minimum Gasteiger partial charge on any atom is -0.419 e. The zero-order valence-electron chi connectivity index (χ0n) is 18.0. The summed E-state index contributed by atoms with van der Waals surface area (Å²) in [7, 11) is 0. The highest BCUT2D eigenvalue weighted by Gasteiger charge is 2.54. The largest absolute Gasteiger partial charge is 0.518 e. The smallest absolute Gasteiger partial charge is 0.419 e. The number of nitrogens with two attached hydrogens (primary N) is 1. The van der Waals surface area contributed by atoms with Gasteiger partial charge in [-0.15, -0.1) is 0 Å². The molecule has 3 rings (SSSR count). The molecule has 8 nitrogen and oxygen atoms in total. The molecule has 4 N–H and O–H groups in total. The van der Waals surface area contributed by atoms with Crippen molar-refractivity contribution in [1.82, 2.24) is 5.32 Å². The van der Waals surface area contributed by atoms with Gasteiger partial charge in [0.05, 0.1) is 0 Å². The van der Waals surface area contributed by atoms with Crippen molar-refractivity contribution < 1.29 is 24.1 Å². The van der Waals surface area contributed by atoms with E-state index in [0.29, 0.717) is 24.3 Å². The average molecular weight is 448 g/mol. The van der Waals surface area contributed by atoms with E-state index in [0.717, 1.165) is 30.4 Å². The minimum absolute atomic E-state index is 0.166. The van der Waals surface area contributed by atoms with E-state index in [2.05, 4.69) is 24.3 Å². The summed E-state index contributed by atoms with van der Waals surface area (Å²) in [5.74, 6) is -0.146. The molecular formula is C22H31N4O4S+. The van der Waals surface area contributed by atoms with Gasteiger partial charge in [-0.1, -0.05) is 50.0 Å². The molecule has 168 valence electrons. The molecule has 1 aliphatic heterocycles. The summed E-state index contributed by atoms with van der Waals surface area (Å²) < 4.78 is 6.47. The Hall–Kier alpha value is -2.39. The van der Waals surface area contributed by atoms with Crippen molar-refractivity contribution in [3.8, 4) is 0 Å². The Bertz CT molecular complexity index is 860. The highest BCUT2D eigenvalue weighted by molar-refractivity contribution is 7.79. The third-order valence-electron chi connectivity index (χ3n) is 6.12. The molecule has 1 saturated carbocycles. The molecule has 1 heterocycles. The van der Waals surface area contributed by atoms with Crippen LogP contribution in [0.5, 0.6) is 0 Å². The molecule has 0 saturated heterocycles. The number of rotatable bonds is 7. The van der Waals surface area contributed by atoms with Gasteiger partial charge in [0.2, 0.25) is 0 Å². The van der Waals surface area contributed by atoms with E-state index in [1.54, 1.807) is 12.1 Å². The number of carbonyl (C=O) groups excluding carboxylic acids is 2. The van der Waals surface area contributed by atoms with E-state index in [1.165, 1.54) is 0 Å². The summed E-state index contributed by atoms with van der Waals surface area (Å²) in [5, 5.41) is 19.1. The summed E-state index contributed by atoms with van der Waals surface area (Å²) >= 11 is 5.09. The van der Waals surface area contributed by atoms with Gasteiger partial charge < -0.3 is 15.2 Å². The Morgan fingerprint density at radius 2 is 2.00 bits per heavy atom. The Morgan fingerprint density at radius 3 is 2.61 bits per heavy atom. The Morgan fingerprint density at radius 1 is 1.32 bits per heavy atom. The fourth-order valence-corrected chi connectivity index (χ4v) is 4.65. The van der Waals surface area contributed by atoms with Gasteiger partial charge in [0.25, 0.3) is 12.1 Å². The number of benzene rings is 1. The molecule has 9 heteroatoms. The van der Waals surface area contributed by atoms with E-state index in [-0.39, 0.29) is 23.0 Å². The molecule has 4 atom stereocenters. The maximum Gasteiger partial charge on any atom is 0.518 e. The van der Waals surface area contributed by atoms with Crippen LogP contribution >= 0.6 is 12.2 Å². The normalized spacial score (nSPS) is 25.5. The number of aliphatic hydroxyl groups is 1. The lowest BCUT2D eigenvalue weighted by molar-refractivity contribution is -0.372. The summed E-state index contributed by atoms with van der Waals surface area (Å²) in [6.07, 6.45) is 3.39.